The van der Waals surface area contributed by atoms with Crippen molar-refractivity contribution >= 4 is 35.6 Å². The standard InChI is InChI=1S/C24H25Cl2NO3.ClH/c1-28-22-9-4-3-6-18(22)12-13-27-15-17-10-11-23(24(14-17)29-2)30-16-19-20(25)7-5-8-21(19)26;/h3-11,14,27H,12-13,15-16H2,1-2H3;1H. The van der Waals surface area contributed by atoms with Gasteiger partial charge in [0.2, 0.25) is 0 Å². The van der Waals surface area contributed by atoms with Crippen LogP contribution in [-0.2, 0) is 19.6 Å². The van der Waals surface area contributed by atoms with Crippen LogP contribution in [0.1, 0.15) is 16.7 Å². The quantitative estimate of drug-likeness (QED) is 0.342. The lowest BCUT2D eigenvalue weighted by Crippen LogP contribution is -2.17. The van der Waals surface area contributed by atoms with Gasteiger partial charge in [-0.1, -0.05) is 53.5 Å². The molecule has 31 heavy (non-hydrogen) atoms. The predicted octanol–water partition coefficient (Wildman–Crippen LogP) is 6.34. The molecule has 0 aromatic heterocycles. The summed E-state index contributed by atoms with van der Waals surface area (Å²) in [6, 6.07) is 19.4. The van der Waals surface area contributed by atoms with Crippen molar-refractivity contribution in [3.63, 3.8) is 0 Å². The topological polar surface area (TPSA) is 39.7 Å². The van der Waals surface area contributed by atoms with Crippen LogP contribution in [0.15, 0.2) is 60.7 Å². The first-order chi connectivity index (χ1) is 14.6. The highest BCUT2D eigenvalue weighted by molar-refractivity contribution is 6.35. The van der Waals surface area contributed by atoms with E-state index in [-0.39, 0.29) is 19.0 Å². The van der Waals surface area contributed by atoms with Crippen molar-refractivity contribution in [1.82, 2.24) is 5.32 Å². The van der Waals surface area contributed by atoms with Crippen LogP contribution in [0, 0.1) is 0 Å². The van der Waals surface area contributed by atoms with Crippen molar-refractivity contribution in [2.45, 2.75) is 19.6 Å². The Hall–Kier alpha value is -2.11. The highest BCUT2D eigenvalue weighted by Crippen LogP contribution is 2.31. The molecule has 0 aliphatic heterocycles. The van der Waals surface area contributed by atoms with E-state index < -0.39 is 0 Å². The van der Waals surface area contributed by atoms with Gasteiger partial charge >= 0.3 is 0 Å². The van der Waals surface area contributed by atoms with Crippen LogP contribution in [0.2, 0.25) is 10.0 Å². The Morgan fingerprint density at radius 2 is 1.52 bits per heavy atom. The van der Waals surface area contributed by atoms with Gasteiger partial charge in [-0.25, -0.2) is 0 Å². The summed E-state index contributed by atoms with van der Waals surface area (Å²) in [6.07, 6.45) is 0.890. The molecule has 166 valence electrons. The highest BCUT2D eigenvalue weighted by atomic mass is 35.5. The summed E-state index contributed by atoms with van der Waals surface area (Å²) in [5.74, 6) is 2.23. The molecule has 0 heterocycles. The fraction of sp³-hybridized carbons (Fsp3) is 0.250. The molecule has 0 amide bonds. The maximum absolute atomic E-state index is 6.22. The van der Waals surface area contributed by atoms with E-state index in [1.165, 1.54) is 5.56 Å². The zero-order valence-electron chi connectivity index (χ0n) is 17.5. The van der Waals surface area contributed by atoms with Gasteiger partial charge in [-0.3, -0.25) is 0 Å². The summed E-state index contributed by atoms with van der Waals surface area (Å²) >= 11 is 12.4. The predicted molar refractivity (Wildman–Crippen MR) is 129 cm³/mol. The molecule has 1 N–H and O–H groups in total. The molecule has 0 atom stereocenters. The minimum atomic E-state index is 0. The van der Waals surface area contributed by atoms with E-state index in [2.05, 4.69) is 11.4 Å². The van der Waals surface area contributed by atoms with Crippen LogP contribution in [0.3, 0.4) is 0 Å². The lowest BCUT2D eigenvalue weighted by atomic mass is 10.1. The van der Waals surface area contributed by atoms with E-state index in [9.17, 15) is 0 Å². The number of nitrogens with one attached hydrogen (secondary N) is 1. The summed E-state index contributed by atoms with van der Waals surface area (Å²) in [5.41, 5.74) is 3.05. The van der Waals surface area contributed by atoms with E-state index in [1.807, 2.05) is 42.5 Å². The van der Waals surface area contributed by atoms with Crippen LogP contribution in [0.5, 0.6) is 17.2 Å². The molecule has 0 fully saturated rings. The minimum absolute atomic E-state index is 0. The third-order valence-corrected chi connectivity index (χ3v) is 5.46. The van der Waals surface area contributed by atoms with Crippen molar-refractivity contribution in [3.05, 3.63) is 87.4 Å². The van der Waals surface area contributed by atoms with Gasteiger partial charge in [0.25, 0.3) is 0 Å². The Bertz CT molecular complexity index is 962. The van der Waals surface area contributed by atoms with Crippen LogP contribution >= 0.6 is 35.6 Å². The van der Waals surface area contributed by atoms with E-state index in [0.29, 0.717) is 21.5 Å². The fourth-order valence-corrected chi connectivity index (χ4v) is 3.63. The van der Waals surface area contributed by atoms with Gasteiger partial charge in [0.05, 0.1) is 14.2 Å². The molecular formula is C24H26Cl3NO3. The zero-order chi connectivity index (χ0) is 21.3. The average molecular weight is 483 g/mol. The number of benzene rings is 3. The summed E-state index contributed by atoms with van der Waals surface area (Å²) in [7, 11) is 3.32. The molecule has 4 nitrogen and oxygen atoms in total. The van der Waals surface area contributed by atoms with Gasteiger partial charge in [-0.2, -0.15) is 0 Å². The van der Waals surface area contributed by atoms with Crippen LogP contribution in [0.4, 0.5) is 0 Å². The molecule has 0 saturated carbocycles. The Balaban J connectivity index is 0.00000341. The first-order valence-electron chi connectivity index (χ1n) is 9.67. The van der Waals surface area contributed by atoms with E-state index >= 15 is 0 Å². The van der Waals surface area contributed by atoms with Crippen molar-refractivity contribution < 1.29 is 14.2 Å². The Labute approximate surface area is 199 Å². The van der Waals surface area contributed by atoms with Crippen LogP contribution in [0.25, 0.3) is 0 Å². The molecule has 3 rings (SSSR count). The largest absolute Gasteiger partial charge is 0.496 e. The second-order valence-electron chi connectivity index (χ2n) is 6.71. The molecule has 0 saturated heterocycles. The van der Waals surface area contributed by atoms with Gasteiger partial charge in [0.1, 0.15) is 12.4 Å². The smallest absolute Gasteiger partial charge is 0.161 e. The molecule has 0 bridgehead atoms. The van der Waals surface area contributed by atoms with Crippen molar-refractivity contribution in [1.29, 1.82) is 0 Å². The number of para-hydroxylation sites is 1. The van der Waals surface area contributed by atoms with E-state index in [4.69, 9.17) is 37.4 Å². The average Bonchev–Trinajstić information content (AvgIpc) is 2.77. The van der Waals surface area contributed by atoms with Crippen molar-refractivity contribution in [3.8, 4) is 17.2 Å². The summed E-state index contributed by atoms with van der Waals surface area (Å²) < 4.78 is 16.8. The molecular weight excluding hydrogens is 457 g/mol. The summed E-state index contributed by atoms with van der Waals surface area (Å²) in [4.78, 5) is 0. The van der Waals surface area contributed by atoms with Gasteiger partial charge in [0, 0.05) is 22.2 Å². The number of hydrogen-bond acceptors (Lipinski definition) is 4. The molecule has 0 unspecified atom stereocenters. The maximum atomic E-state index is 6.22. The van der Waals surface area contributed by atoms with Gasteiger partial charge < -0.3 is 19.5 Å². The second kappa shape index (κ2) is 12.7. The Kier molecular flexibility index (Phi) is 10.3. The maximum Gasteiger partial charge on any atom is 0.161 e. The highest BCUT2D eigenvalue weighted by Gasteiger charge is 2.10. The molecule has 0 aliphatic carbocycles. The molecule has 7 heteroatoms. The first-order valence-corrected chi connectivity index (χ1v) is 10.4. The van der Waals surface area contributed by atoms with E-state index in [1.54, 1.807) is 26.4 Å². The molecule has 3 aromatic carbocycles. The minimum Gasteiger partial charge on any atom is -0.496 e. The normalized spacial score (nSPS) is 10.3. The summed E-state index contributed by atoms with van der Waals surface area (Å²) in [6.45, 7) is 1.83. The van der Waals surface area contributed by atoms with Crippen LogP contribution < -0.4 is 19.5 Å². The second-order valence-corrected chi connectivity index (χ2v) is 7.53. The number of hydrogen-bond donors (Lipinski definition) is 1. The fourth-order valence-electron chi connectivity index (χ4n) is 3.13. The Morgan fingerprint density at radius 1 is 0.806 bits per heavy atom. The lowest BCUT2D eigenvalue weighted by Gasteiger charge is -2.14. The monoisotopic (exact) mass is 481 g/mol. The molecule has 0 aliphatic rings. The third kappa shape index (κ3) is 6.94. The number of ether oxygens (including phenoxy) is 3. The van der Waals surface area contributed by atoms with Gasteiger partial charge in [-0.05, 0) is 54.4 Å². The number of halogens is 3. The molecule has 3 aromatic rings. The number of rotatable bonds is 10. The van der Waals surface area contributed by atoms with Crippen molar-refractivity contribution in [2.24, 2.45) is 0 Å². The number of methoxy groups -OCH3 is 2. The summed E-state index contributed by atoms with van der Waals surface area (Å²) in [5, 5.41) is 4.62. The van der Waals surface area contributed by atoms with E-state index in [0.717, 1.165) is 36.4 Å². The van der Waals surface area contributed by atoms with Gasteiger partial charge in [0.15, 0.2) is 11.5 Å². The SMILES string of the molecule is COc1ccccc1CCNCc1ccc(OCc2c(Cl)cccc2Cl)c(OC)c1.Cl. The third-order valence-electron chi connectivity index (χ3n) is 4.75. The first kappa shape index (κ1) is 25.2. The van der Waals surface area contributed by atoms with Gasteiger partial charge in [-0.15, -0.1) is 12.4 Å². The lowest BCUT2D eigenvalue weighted by molar-refractivity contribution is 0.284. The van der Waals surface area contributed by atoms with Crippen LogP contribution in [-0.4, -0.2) is 20.8 Å². The van der Waals surface area contributed by atoms with Crippen molar-refractivity contribution in [2.75, 3.05) is 20.8 Å². The Morgan fingerprint density at radius 3 is 2.23 bits per heavy atom. The molecule has 0 spiro atoms. The zero-order valence-corrected chi connectivity index (χ0v) is 19.8. The molecule has 0 radical (unpaired) electrons.